The van der Waals surface area contributed by atoms with Crippen LogP contribution in [-0.2, 0) is 19.1 Å². The fourth-order valence-corrected chi connectivity index (χ4v) is 2.31. The molecule has 0 bridgehead atoms. The van der Waals surface area contributed by atoms with Crippen LogP contribution >= 0.6 is 11.8 Å². The normalized spacial score (nSPS) is 11.9. The maximum atomic E-state index is 11.8. The van der Waals surface area contributed by atoms with Crippen molar-refractivity contribution in [2.45, 2.75) is 26.8 Å². The zero-order chi connectivity index (χ0) is 17.4. The van der Waals surface area contributed by atoms with Gasteiger partial charge >= 0.3 is 5.97 Å². The summed E-state index contributed by atoms with van der Waals surface area (Å²) in [6, 6.07) is 0.902. The molecular weight excluding hydrogens is 322 g/mol. The molecular formula is C14H21N3O5S. The molecule has 8 nitrogen and oxygen atoms in total. The number of nitrogens with zero attached hydrogens (tertiary/aromatic N) is 1. The molecule has 1 aromatic heterocycles. The molecule has 1 unspecified atom stereocenters. The van der Waals surface area contributed by atoms with Crippen molar-refractivity contribution < 1.29 is 23.6 Å². The van der Waals surface area contributed by atoms with Crippen molar-refractivity contribution in [3.63, 3.8) is 0 Å². The van der Waals surface area contributed by atoms with Gasteiger partial charge in [0.1, 0.15) is 11.8 Å². The predicted molar refractivity (Wildman–Crippen MR) is 86.0 cm³/mol. The number of aryl methyl sites for hydroxylation is 1. The van der Waals surface area contributed by atoms with E-state index < -0.39 is 12.0 Å². The molecule has 0 saturated carbocycles. The van der Waals surface area contributed by atoms with E-state index in [2.05, 4.69) is 20.5 Å². The summed E-state index contributed by atoms with van der Waals surface area (Å²) in [7, 11) is 1.27. The lowest BCUT2D eigenvalue weighted by atomic mass is 10.1. The maximum Gasteiger partial charge on any atom is 0.328 e. The predicted octanol–water partition coefficient (Wildman–Crippen LogP) is 0.969. The second-order valence-corrected chi connectivity index (χ2v) is 6.16. The highest BCUT2D eigenvalue weighted by Gasteiger charge is 2.24. The minimum atomic E-state index is -0.694. The van der Waals surface area contributed by atoms with Crippen molar-refractivity contribution in [3.05, 3.63) is 11.8 Å². The van der Waals surface area contributed by atoms with Crippen LogP contribution in [0.15, 0.2) is 10.6 Å². The molecule has 23 heavy (non-hydrogen) atoms. The van der Waals surface area contributed by atoms with Crippen molar-refractivity contribution in [1.29, 1.82) is 0 Å². The van der Waals surface area contributed by atoms with Gasteiger partial charge in [-0.15, -0.1) is 11.8 Å². The third-order valence-electron chi connectivity index (χ3n) is 2.80. The van der Waals surface area contributed by atoms with Crippen LogP contribution in [0.1, 0.15) is 19.6 Å². The SMILES string of the molecule is COC(=O)C(NC(=O)CSCC(=O)Nc1cc(C)on1)C(C)C. The highest BCUT2D eigenvalue weighted by atomic mass is 32.2. The number of hydrogen-bond acceptors (Lipinski definition) is 7. The minimum absolute atomic E-state index is 0.0610. The standard InChI is InChI=1S/C14H21N3O5S/c1-8(2)13(14(20)21-4)16-12(19)7-23-6-11(18)15-10-5-9(3)22-17-10/h5,8,13H,6-7H2,1-4H3,(H,16,19)(H,15,17,18). The van der Waals surface area contributed by atoms with Gasteiger partial charge in [0.25, 0.3) is 0 Å². The first-order valence-electron chi connectivity index (χ1n) is 7.01. The Morgan fingerprint density at radius 2 is 1.96 bits per heavy atom. The first kappa shape index (κ1) is 19.0. The Balaban J connectivity index is 2.32. The average Bonchev–Trinajstić information content (AvgIpc) is 2.88. The first-order chi connectivity index (χ1) is 10.8. The monoisotopic (exact) mass is 343 g/mol. The summed E-state index contributed by atoms with van der Waals surface area (Å²) in [4.78, 5) is 35.0. The third kappa shape index (κ3) is 6.72. The fourth-order valence-electron chi connectivity index (χ4n) is 1.68. The smallest absolute Gasteiger partial charge is 0.328 e. The van der Waals surface area contributed by atoms with Crippen molar-refractivity contribution in [3.8, 4) is 0 Å². The Labute approximate surface area is 138 Å². The Morgan fingerprint density at radius 1 is 1.30 bits per heavy atom. The second kappa shape index (κ2) is 9.19. The number of carbonyl (C=O) groups excluding carboxylic acids is 3. The number of aromatic nitrogens is 1. The summed E-state index contributed by atoms with van der Waals surface area (Å²) in [6.45, 7) is 5.33. The molecule has 1 atom stereocenters. The van der Waals surface area contributed by atoms with E-state index in [1.807, 2.05) is 13.8 Å². The van der Waals surface area contributed by atoms with Crippen LogP contribution in [0.3, 0.4) is 0 Å². The van der Waals surface area contributed by atoms with E-state index in [1.165, 1.54) is 7.11 Å². The maximum absolute atomic E-state index is 11.8. The van der Waals surface area contributed by atoms with Gasteiger partial charge in [-0.2, -0.15) is 0 Å². The molecule has 1 heterocycles. The zero-order valence-electron chi connectivity index (χ0n) is 13.5. The largest absolute Gasteiger partial charge is 0.467 e. The number of nitrogens with one attached hydrogen (secondary N) is 2. The Kier molecular flexibility index (Phi) is 7.60. The van der Waals surface area contributed by atoms with Crippen LogP contribution < -0.4 is 10.6 Å². The van der Waals surface area contributed by atoms with Gasteiger partial charge in [-0.1, -0.05) is 19.0 Å². The van der Waals surface area contributed by atoms with Gasteiger partial charge in [-0.05, 0) is 12.8 Å². The molecule has 1 rings (SSSR count). The molecule has 0 aliphatic carbocycles. The van der Waals surface area contributed by atoms with Crippen molar-refractivity contribution in [2.24, 2.45) is 5.92 Å². The molecule has 0 aliphatic rings. The topological polar surface area (TPSA) is 111 Å². The molecule has 0 spiro atoms. The van der Waals surface area contributed by atoms with Gasteiger partial charge in [-0.3, -0.25) is 9.59 Å². The van der Waals surface area contributed by atoms with Crippen LogP contribution in [-0.4, -0.2) is 47.6 Å². The van der Waals surface area contributed by atoms with E-state index in [0.717, 1.165) is 11.8 Å². The lowest BCUT2D eigenvalue weighted by Gasteiger charge is -2.19. The molecule has 0 saturated heterocycles. The number of anilines is 1. The number of esters is 1. The number of ether oxygens (including phenoxy) is 1. The molecule has 128 valence electrons. The van der Waals surface area contributed by atoms with E-state index in [0.29, 0.717) is 11.6 Å². The first-order valence-corrected chi connectivity index (χ1v) is 8.17. The Morgan fingerprint density at radius 3 is 2.48 bits per heavy atom. The van der Waals surface area contributed by atoms with Gasteiger partial charge in [0, 0.05) is 6.07 Å². The number of amides is 2. The average molecular weight is 343 g/mol. The van der Waals surface area contributed by atoms with Crippen LogP contribution in [0.2, 0.25) is 0 Å². The van der Waals surface area contributed by atoms with E-state index in [1.54, 1.807) is 13.0 Å². The molecule has 2 N–H and O–H groups in total. The lowest BCUT2D eigenvalue weighted by molar-refractivity contribution is -0.146. The summed E-state index contributed by atoms with van der Waals surface area (Å²) >= 11 is 1.13. The minimum Gasteiger partial charge on any atom is -0.467 e. The molecule has 0 fully saturated rings. The van der Waals surface area contributed by atoms with Gasteiger partial charge in [0.15, 0.2) is 5.82 Å². The van der Waals surface area contributed by atoms with Crippen molar-refractivity contribution >= 4 is 35.4 Å². The van der Waals surface area contributed by atoms with Crippen LogP contribution in [0.5, 0.6) is 0 Å². The summed E-state index contributed by atoms with van der Waals surface area (Å²) in [5.41, 5.74) is 0. The Bertz CT molecular complexity index is 558. The highest BCUT2D eigenvalue weighted by molar-refractivity contribution is 8.00. The molecule has 0 radical (unpaired) electrons. The summed E-state index contributed by atoms with van der Waals surface area (Å²) in [5, 5.41) is 8.79. The summed E-state index contributed by atoms with van der Waals surface area (Å²) in [5.74, 6) is -0.116. The Hall–Kier alpha value is -2.03. The third-order valence-corrected chi connectivity index (χ3v) is 3.73. The number of carbonyl (C=O) groups is 3. The van der Waals surface area contributed by atoms with E-state index in [4.69, 9.17) is 4.52 Å². The van der Waals surface area contributed by atoms with Crippen LogP contribution in [0, 0.1) is 12.8 Å². The lowest BCUT2D eigenvalue weighted by Crippen LogP contribution is -2.45. The number of methoxy groups -OCH3 is 1. The fraction of sp³-hybridized carbons (Fsp3) is 0.571. The molecule has 0 aliphatic heterocycles. The molecule has 2 amide bonds. The molecule has 9 heteroatoms. The van der Waals surface area contributed by atoms with E-state index in [-0.39, 0.29) is 29.2 Å². The van der Waals surface area contributed by atoms with Crippen molar-refractivity contribution in [1.82, 2.24) is 10.5 Å². The summed E-state index contributed by atoms with van der Waals surface area (Å²) < 4.78 is 9.47. The van der Waals surface area contributed by atoms with Crippen molar-refractivity contribution in [2.75, 3.05) is 23.9 Å². The quantitative estimate of drug-likeness (QED) is 0.677. The second-order valence-electron chi connectivity index (χ2n) is 5.18. The highest BCUT2D eigenvalue weighted by Crippen LogP contribution is 2.09. The molecule has 0 aromatic carbocycles. The number of rotatable bonds is 8. The zero-order valence-corrected chi connectivity index (χ0v) is 14.4. The van der Waals surface area contributed by atoms with Crippen LogP contribution in [0.25, 0.3) is 0 Å². The molecule has 1 aromatic rings. The number of thioether (sulfide) groups is 1. The van der Waals surface area contributed by atoms with Gasteiger partial charge in [0.05, 0.1) is 18.6 Å². The van der Waals surface area contributed by atoms with Gasteiger partial charge in [-0.25, -0.2) is 4.79 Å². The van der Waals surface area contributed by atoms with E-state index >= 15 is 0 Å². The van der Waals surface area contributed by atoms with Gasteiger partial charge < -0.3 is 19.9 Å². The van der Waals surface area contributed by atoms with E-state index in [9.17, 15) is 14.4 Å². The van der Waals surface area contributed by atoms with Gasteiger partial charge in [0.2, 0.25) is 11.8 Å². The summed E-state index contributed by atoms with van der Waals surface area (Å²) in [6.07, 6.45) is 0. The number of hydrogen-bond donors (Lipinski definition) is 2. The van der Waals surface area contributed by atoms with Crippen LogP contribution in [0.4, 0.5) is 5.82 Å².